The molecule has 8 heteroatoms. The number of nitrogens with one attached hydrogen (secondary N) is 1. The predicted octanol–water partition coefficient (Wildman–Crippen LogP) is 5.15. The van der Waals surface area contributed by atoms with Gasteiger partial charge in [-0.25, -0.2) is 4.98 Å². The molecule has 0 saturated carbocycles. The van der Waals surface area contributed by atoms with Gasteiger partial charge in [-0.1, -0.05) is 48.2 Å². The Labute approximate surface area is 211 Å². The molecule has 3 aromatic rings. The van der Waals surface area contributed by atoms with Crippen LogP contribution in [0, 0.1) is 6.92 Å². The summed E-state index contributed by atoms with van der Waals surface area (Å²) in [6.07, 6.45) is 6.33. The lowest BCUT2D eigenvalue weighted by Crippen LogP contribution is -2.45. The first-order valence-electron chi connectivity index (χ1n) is 11.1. The van der Waals surface area contributed by atoms with Crippen LogP contribution in [0.3, 0.4) is 0 Å². The molecule has 5 nitrogen and oxygen atoms in total. The number of rotatable bonds is 6. The maximum absolute atomic E-state index is 13.0. The Bertz CT molecular complexity index is 1120. The second-order valence-corrected chi connectivity index (χ2v) is 9.49. The van der Waals surface area contributed by atoms with Crippen molar-refractivity contribution >= 4 is 54.2 Å². The van der Waals surface area contributed by atoms with Crippen LogP contribution in [-0.4, -0.2) is 45.9 Å². The van der Waals surface area contributed by atoms with Gasteiger partial charge in [0.2, 0.25) is 0 Å². The molecule has 4 heterocycles. The monoisotopic (exact) mass is 504 g/mol. The smallest absolute Gasteiger partial charge is 0.258 e. The summed E-state index contributed by atoms with van der Waals surface area (Å²) in [7, 11) is 0. The number of hydrogen-bond donors (Lipinski definition) is 1. The first-order valence-corrected chi connectivity index (χ1v) is 11.9. The van der Waals surface area contributed by atoms with Crippen LogP contribution in [0.25, 0.3) is 11.7 Å². The molecule has 0 aliphatic carbocycles. The van der Waals surface area contributed by atoms with E-state index in [0.29, 0.717) is 0 Å². The number of aromatic nitrogens is 2. The van der Waals surface area contributed by atoms with E-state index in [1.165, 1.54) is 23.7 Å². The van der Waals surface area contributed by atoms with Gasteiger partial charge in [0.1, 0.15) is 5.65 Å². The maximum Gasteiger partial charge on any atom is 0.258 e. The number of benzene rings is 1. The number of pyridine rings is 1. The number of nitrogens with zero attached hydrogens (tertiary/aromatic N) is 3. The molecule has 1 aromatic carbocycles. The molecule has 5 rings (SSSR count). The van der Waals surface area contributed by atoms with Gasteiger partial charge in [-0.15, -0.1) is 24.8 Å². The highest BCUT2D eigenvalue weighted by Gasteiger charge is 2.25. The lowest BCUT2D eigenvalue weighted by atomic mass is 10.0. The second-order valence-electron chi connectivity index (χ2n) is 8.43. The van der Waals surface area contributed by atoms with Gasteiger partial charge >= 0.3 is 0 Å². The quantitative estimate of drug-likeness (QED) is 0.504. The zero-order chi connectivity index (χ0) is 21.2. The van der Waals surface area contributed by atoms with E-state index in [-0.39, 0.29) is 36.8 Å². The molecule has 176 valence electrons. The lowest BCUT2D eigenvalue weighted by molar-refractivity contribution is -0.117. The van der Waals surface area contributed by atoms with Crippen molar-refractivity contribution in [1.29, 1.82) is 0 Å². The third-order valence-electron chi connectivity index (χ3n) is 6.24. The van der Waals surface area contributed by atoms with E-state index >= 15 is 0 Å². The molecular weight excluding hydrogens is 475 g/mol. The Hall–Kier alpha value is -1.99. The first kappa shape index (κ1) is 25.6. The summed E-state index contributed by atoms with van der Waals surface area (Å²) in [5, 5.41) is 4.33. The van der Waals surface area contributed by atoms with Crippen LogP contribution in [-0.2, 0) is 11.2 Å². The minimum absolute atomic E-state index is 0. The highest BCUT2D eigenvalue weighted by Crippen LogP contribution is 2.35. The van der Waals surface area contributed by atoms with Crippen LogP contribution in [0.5, 0.6) is 0 Å². The Balaban J connectivity index is 0.00000153. The summed E-state index contributed by atoms with van der Waals surface area (Å²) < 4.78 is 2.13. The highest BCUT2D eigenvalue weighted by molar-refractivity contribution is 8.04. The van der Waals surface area contributed by atoms with Crippen LogP contribution in [0.15, 0.2) is 58.5 Å². The van der Waals surface area contributed by atoms with Gasteiger partial charge in [-0.3, -0.25) is 9.20 Å². The van der Waals surface area contributed by atoms with E-state index in [0.717, 1.165) is 65.9 Å². The Morgan fingerprint density at radius 2 is 1.85 bits per heavy atom. The maximum atomic E-state index is 13.0. The van der Waals surface area contributed by atoms with Crippen molar-refractivity contribution in [3.63, 3.8) is 0 Å². The fraction of sp³-hybridized carbons (Fsp3) is 0.360. The number of hydrogen-bond acceptors (Lipinski definition) is 4. The molecule has 33 heavy (non-hydrogen) atoms. The minimum Gasteiger partial charge on any atom is -0.349 e. The fourth-order valence-electron chi connectivity index (χ4n) is 4.53. The molecule has 1 amide bonds. The number of amides is 1. The number of likely N-dealkylation sites (tertiary alicyclic amines) is 1. The number of thioether (sulfide) groups is 1. The number of carbonyl (C=O) groups is 1. The minimum atomic E-state index is 0. The molecule has 1 N–H and O–H groups in total. The number of halogens is 2. The first-order chi connectivity index (χ1) is 15.2. The fourth-order valence-corrected chi connectivity index (χ4v) is 5.51. The molecule has 0 radical (unpaired) electrons. The van der Waals surface area contributed by atoms with Gasteiger partial charge in [-0.2, -0.15) is 0 Å². The molecule has 1 saturated heterocycles. The number of carbonyl (C=O) groups excluding carboxylic acids is 1. The van der Waals surface area contributed by atoms with Crippen LogP contribution < -0.4 is 5.32 Å². The van der Waals surface area contributed by atoms with Gasteiger partial charge < -0.3 is 10.2 Å². The Morgan fingerprint density at radius 1 is 1.09 bits per heavy atom. The zero-order valence-electron chi connectivity index (χ0n) is 18.7. The van der Waals surface area contributed by atoms with Crippen molar-refractivity contribution in [1.82, 2.24) is 19.6 Å². The van der Waals surface area contributed by atoms with Crippen LogP contribution in [0.1, 0.15) is 36.2 Å². The van der Waals surface area contributed by atoms with Crippen molar-refractivity contribution in [2.45, 2.75) is 43.7 Å². The van der Waals surface area contributed by atoms with Gasteiger partial charge in [0.05, 0.1) is 21.3 Å². The number of piperidine rings is 1. The largest absolute Gasteiger partial charge is 0.349 e. The molecule has 0 bridgehead atoms. The topological polar surface area (TPSA) is 49.6 Å². The van der Waals surface area contributed by atoms with Crippen molar-refractivity contribution in [2.24, 2.45) is 0 Å². The summed E-state index contributed by atoms with van der Waals surface area (Å²) in [6.45, 7) is 5.24. The third-order valence-corrected chi connectivity index (χ3v) is 7.29. The normalized spacial score (nSPS) is 16.0. The number of aryl methyl sites for hydroxylation is 2. The summed E-state index contributed by atoms with van der Waals surface area (Å²) in [5.41, 5.74) is 4.33. The van der Waals surface area contributed by atoms with E-state index in [1.807, 2.05) is 25.1 Å². The van der Waals surface area contributed by atoms with E-state index in [9.17, 15) is 4.79 Å². The average Bonchev–Trinajstić information content (AvgIpc) is 3.12. The molecule has 2 aromatic heterocycles. The predicted molar refractivity (Wildman–Crippen MR) is 141 cm³/mol. The van der Waals surface area contributed by atoms with E-state index < -0.39 is 0 Å². The van der Waals surface area contributed by atoms with Crippen molar-refractivity contribution in [3.05, 3.63) is 70.4 Å². The van der Waals surface area contributed by atoms with Crippen molar-refractivity contribution in [3.8, 4) is 0 Å². The number of imidazole rings is 1. The highest BCUT2D eigenvalue weighted by atomic mass is 35.5. The molecular formula is C25H30Cl2N4OS. The van der Waals surface area contributed by atoms with Gasteiger partial charge in [-0.05, 0) is 62.9 Å². The average molecular weight is 506 g/mol. The van der Waals surface area contributed by atoms with E-state index in [2.05, 4.69) is 56.0 Å². The summed E-state index contributed by atoms with van der Waals surface area (Å²) in [6, 6.07) is 17.0. The van der Waals surface area contributed by atoms with E-state index in [4.69, 9.17) is 0 Å². The molecule has 0 atom stereocenters. The van der Waals surface area contributed by atoms with Crippen LogP contribution in [0.2, 0.25) is 0 Å². The molecule has 0 spiro atoms. The summed E-state index contributed by atoms with van der Waals surface area (Å²) >= 11 is 1.53. The van der Waals surface area contributed by atoms with Gasteiger partial charge in [0.25, 0.3) is 5.91 Å². The third kappa shape index (κ3) is 5.75. The van der Waals surface area contributed by atoms with Crippen molar-refractivity contribution in [2.75, 3.05) is 19.6 Å². The van der Waals surface area contributed by atoms with Crippen molar-refractivity contribution < 1.29 is 4.79 Å². The SMILES string of the molecule is Cc1nc2cccc3n2c1C=C(C(=O)NC1CCN(CCCc2ccccc2)CC1)S3.Cl.Cl. The molecule has 1 fully saturated rings. The second kappa shape index (κ2) is 11.4. The van der Waals surface area contributed by atoms with Crippen LogP contribution >= 0.6 is 36.6 Å². The molecule has 2 aliphatic heterocycles. The molecule has 2 aliphatic rings. The van der Waals surface area contributed by atoms with E-state index in [1.54, 1.807) is 0 Å². The summed E-state index contributed by atoms with van der Waals surface area (Å²) in [4.78, 5) is 20.9. The lowest BCUT2D eigenvalue weighted by Gasteiger charge is -2.32. The summed E-state index contributed by atoms with van der Waals surface area (Å²) in [5.74, 6) is 0.0383. The van der Waals surface area contributed by atoms with Gasteiger partial charge in [0, 0.05) is 19.1 Å². The Morgan fingerprint density at radius 3 is 2.61 bits per heavy atom. The zero-order valence-corrected chi connectivity index (χ0v) is 21.1. The van der Waals surface area contributed by atoms with Gasteiger partial charge in [0.15, 0.2) is 0 Å². The van der Waals surface area contributed by atoms with Crippen LogP contribution in [0.4, 0.5) is 0 Å². The standard InChI is InChI=1S/C25H28N4OS.2ClH/c1-18-21-17-22(31-24-11-5-10-23(26-18)29(21)24)25(30)27-20-12-15-28(16-13-20)14-6-9-19-7-3-2-4-8-19;;/h2-5,7-8,10-11,17,20H,6,9,12-16H2,1H3,(H,27,30);2*1H. The molecule has 0 unspecified atom stereocenters. The Kier molecular flexibility index (Phi) is 8.88.